The van der Waals surface area contributed by atoms with Crippen LogP contribution in [0.3, 0.4) is 0 Å². The number of nitrogens with zero attached hydrogens (tertiary/aromatic N) is 3. The molecule has 1 amide bonds. The van der Waals surface area contributed by atoms with Gasteiger partial charge < -0.3 is 9.64 Å². The Morgan fingerprint density at radius 3 is 2.28 bits per heavy atom. The summed E-state index contributed by atoms with van der Waals surface area (Å²) in [6, 6.07) is 14.8. The molecular formula is C23H22FN3O2. The number of hydrogen-bond donors (Lipinski definition) is 0. The summed E-state index contributed by atoms with van der Waals surface area (Å²) in [7, 11) is 0. The van der Waals surface area contributed by atoms with Gasteiger partial charge in [0.15, 0.2) is 5.82 Å². The molecule has 1 aliphatic rings. The van der Waals surface area contributed by atoms with Crippen LogP contribution in [-0.4, -0.2) is 33.9 Å². The fourth-order valence-electron chi connectivity index (χ4n) is 3.30. The zero-order valence-corrected chi connectivity index (χ0v) is 16.2. The normalized spacial score (nSPS) is 14.6. The fraction of sp³-hybridized carbons (Fsp3) is 0.261. The molecule has 2 aromatic carbocycles. The van der Waals surface area contributed by atoms with E-state index in [0.717, 1.165) is 31.5 Å². The van der Waals surface area contributed by atoms with Crippen molar-refractivity contribution in [3.05, 3.63) is 72.3 Å². The van der Waals surface area contributed by atoms with E-state index in [4.69, 9.17) is 4.74 Å². The molecule has 0 saturated carbocycles. The van der Waals surface area contributed by atoms with Crippen molar-refractivity contribution in [1.29, 1.82) is 0 Å². The van der Waals surface area contributed by atoms with Gasteiger partial charge in [-0.3, -0.25) is 4.79 Å². The molecule has 5 nitrogen and oxygen atoms in total. The third kappa shape index (κ3) is 4.59. The van der Waals surface area contributed by atoms with Crippen LogP contribution in [0, 0.1) is 11.7 Å². The highest BCUT2D eigenvalue weighted by Gasteiger charge is 2.22. The van der Waals surface area contributed by atoms with Crippen LogP contribution >= 0.6 is 0 Å². The largest absolute Gasteiger partial charge is 0.457 e. The van der Waals surface area contributed by atoms with Crippen LogP contribution in [0.1, 0.15) is 30.3 Å². The molecule has 3 aromatic rings. The molecule has 4 rings (SSSR count). The van der Waals surface area contributed by atoms with Gasteiger partial charge in [-0.2, -0.15) is 0 Å². The molecule has 0 bridgehead atoms. The van der Waals surface area contributed by atoms with Gasteiger partial charge in [-0.25, -0.2) is 14.4 Å². The molecule has 0 aliphatic carbocycles. The van der Waals surface area contributed by atoms with Crippen LogP contribution in [-0.2, 0) is 0 Å². The molecule has 2 heterocycles. The van der Waals surface area contributed by atoms with Crippen molar-refractivity contribution in [3.63, 3.8) is 0 Å². The molecule has 0 spiro atoms. The van der Waals surface area contributed by atoms with Gasteiger partial charge in [0.1, 0.15) is 23.0 Å². The minimum atomic E-state index is -0.307. The van der Waals surface area contributed by atoms with Crippen molar-refractivity contribution in [2.24, 2.45) is 5.92 Å². The summed E-state index contributed by atoms with van der Waals surface area (Å²) in [5.41, 5.74) is 1.20. The fourth-order valence-corrected chi connectivity index (χ4v) is 3.30. The quantitative estimate of drug-likeness (QED) is 0.632. The minimum Gasteiger partial charge on any atom is -0.457 e. The van der Waals surface area contributed by atoms with E-state index in [1.807, 2.05) is 17.0 Å². The summed E-state index contributed by atoms with van der Waals surface area (Å²) >= 11 is 0. The Hall–Kier alpha value is -3.28. The Morgan fingerprint density at radius 1 is 1.00 bits per heavy atom. The number of carbonyl (C=O) groups excluding carboxylic acids is 1. The Balaban J connectivity index is 1.47. The van der Waals surface area contributed by atoms with Crippen molar-refractivity contribution in [3.8, 4) is 22.9 Å². The number of piperidine rings is 1. The lowest BCUT2D eigenvalue weighted by Gasteiger charge is -2.30. The molecule has 1 aliphatic heterocycles. The number of ether oxygens (including phenoxy) is 1. The van der Waals surface area contributed by atoms with Gasteiger partial charge >= 0.3 is 0 Å². The van der Waals surface area contributed by atoms with Crippen molar-refractivity contribution in [1.82, 2.24) is 14.9 Å². The first kappa shape index (κ1) is 19.1. The van der Waals surface area contributed by atoms with Gasteiger partial charge in [-0.1, -0.05) is 6.92 Å². The summed E-state index contributed by atoms with van der Waals surface area (Å²) in [4.78, 5) is 23.4. The van der Waals surface area contributed by atoms with Crippen molar-refractivity contribution in [2.75, 3.05) is 13.1 Å². The minimum absolute atomic E-state index is 0.0446. The molecule has 6 heteroatoms. The molecule has 1 aromatic heterocycles. The predicted molar refractivity (Wildman–Crippen MR) is 108 cm³/mol. The Bertz CT molecular complexity index is 982. The molecule has 1 fully saturated rings. The molecule has 1 saturated heterocycles. The van der Waals surface area contributed by atoms with Gasteiger partial charge in [0.25, 0.3) is 5.91 Å². The average molecular weight is 391 g/mol. The Labute approximate surface area is 169 Å². The van der Waals surface area contributed by atoms with E-state index in [9.17, 15) is 9.18 Å². The van der Waals surface area contributed by atoms with Crippen molar-refractivity contribution in [2.45, 2.75) is 19.8 Å². The first-order valence-corrected chi connectivity index (χ1v) is 9.75. The van der Waals surface area contributed by atoms with Crippen LogP contribution in [0.4, 0.5) is 4.39 Å². The molecule has 148 valence electrons. The van der Waals surface area contributed by atoms with E-state index < -0.39 is 0 Å². The van der Waals surface area contributed by atoms with Gasteiger partial charge in [0, 0.05) is 24.8 Å². The van der Waals surface area contributed by atoms with Crippen molar-refractivity contribution >= 4 is 5.91 Å². The van der Waals surface area contributed by atoms with Gasteiger partial charge in [0.05, 0.1) is 0 Å². The highest BCUT2D eigenvalue weighted by Crippen LogP contribution is 2.25. The maximum atomic E-state index is 13.0. The second-order valence-corrected chi connectivity index (χ2v) is 7.32. The first-order chi connectivity index (χ1) is 14.1. The van der Waals surface area contributed by atoms with E-state index in [-0.39, 0.29) is 11.7 Å². The standard InChI is InChI=1S/C23H22FN3O2/c1-16-11-14-27(15-12-16)23(28)21-10-13-25-22(26-21)17-2-6-19(7-3-17)29-20-8-4-18(24)5-9-20/h2-10,13,16H,11-12,14-15H2,1H3. The van der Waals surface area contributed by atoms with E-state index in [0.29, 0.717) is 28.9 Å². The predicted octanol–water partition coefficient (Wildman–Crippen LogP) is 4.95. The molecule has 0 atom stereocenters. The highest BCUT2D eigenvalue weighted by molar-refractivity contribution is 5.92. The lowest BCUT2D eigenvalue weighted by Crippen LogP contribution is -2.38. The first-order valence-electron chi connectivity index (χ1n) is 9.75. The van der Waals surface area contributed by atoms with Gasteiger partial charge in [-0.05, 0) is 73.4 Å². The third-order valence-electron chi connectivity index (χ3n) is 5.11. The summed E-state index contributed by atoms with van der Waals surface area (Å²) in [5, 5.41) is 0. The Kier molecular flexibility index (Phi) is 5.51. The van der Waals surface area contributed by atoms with E-state index in [1.165, 1.54) is 12.1 Å². The second kappa shape index (κ2) is 8.39. The Morgan fingerprint density at radius 2 is 1.62 bits per heavy atom. The number of hydrogen-bond acceptors (Lipinski definition) is 4. The number of rotatable bonds is 4. The molecule has 0 N–H and O–H groups in total. The second-order valence-electron chi connectivity index (χ2n) is 7.32. The van der Waals surface area contributed by atoms with Crippen LogP contribution in [0.15, 0.2) is 60.8 Å². The van der Waals surface area contributed by atoms with E-state index in [2.05, 4.69) is 16.9 Å². The number of amides is 1. The number of aromatic nitrogens is 2. The van der Waals surface area contributed by atoms with Crippen LogP contribution in [0.2, 0.25) is 0 Å². The van der Waals surface area contributed by atoms with Crippen LogP contribution in [0.25, 0.3) is 11.4 Å². The van der Waals surface area contributed by atoms with E-state index >= 15 is 0 Å². The zero-order valence-electron chi connectivity index (χ0n) is 16.2. The SMILES string of the molecule is CC1CCN(C(=O)c2ccnc(-c3ccc(Oc4ccc(F)cc4)cc3)n2)CC1. The number of carbonyl (C=O) groups is 1. The lowest BCUT2D eigenvalue weighted by atomic mass is 9.99. The highest BCUT2D eigenvalue weighted by atomic mass is 19.1. The number of likely N-dealkylation sites (tertiary alicyclic amines) is 1. The maximum Gasteiger partial charge on any atom is 0.272 e. The smallest absolute Gasteiger partial charge is 0.272 e. The van der Waals surface area contributed by atoms with Crippen LogP contribution in [0.5, 0.6) is 11.5 Å². The van der Waals surface area contributed by atoms with Crippen LogP contribution < -0.4 is 4.74 Å². The molecule has 0 radical (unpaired) electrons. The summed E-state index contributed by atoms with van der Waals surface area (Å²) in [5.74, 6) is 1.98. The zero-order chi connectivity index (χ0) is 20.2. The average Bonchev–Trinajstić information content (AvgIpc) is 2.76. The summed E-state index contributed by atoms with van der Waals surface area (Å²) in [6.07, 6.45) is 3.67. The summed E-state index contributed by atoms with van der Waals surface area (Å²) in [6.45, 7) is 3.76. The van der Waals surface area contributed by atoms with Gasteiger partial charge in [0.2, 0.25) is 0 Å². The number of benzene rings is 2. The molecule has 0 unspecified atom stereocenters. The van der Waals surface area contributed by atoms with Gasteiger partial charge in [-0.15, -0.1) is 0 Å². The lowest BCUT2D eigenvalue weighted by molar-refractivity contribution is 0.0691. The van der Waals surface area contributed by atoms with Crippen molar-refractivity contribution < 1.29 is 13.9 Å². The maximum absolute atomic E-state index is 13.0. The topological polar surface area (TPSA) is 55.3 Å². The molecular weight excluding hydrogens is 369 g/mol. The van der Waals surface area contributed by atoms with E-state index in [1.54, 1.807) is 36.5 Å². The molecule has 29 heavy (non-hydrogen) atoms. The monoisotopic (exact) mass is 391 g/mol. The summed E-state index contributed by atoms with van der Waals surface area (Å²) < 4.78 is 18.7. The number of halogens is 1. The third-order valence-corrected chi connectivity index (χ3v) is 5.11.